The van der Waals surface area contributed by atoms with Crippen molar-refractivity contribution in [3.63, 3.8) is 0 Å². The quantitative estimate of drug-likeness (QED) is 0.128. The summed E-state index contributed by atoms with van der Waals surface area (Å²) in [5, 5.41) is 12.2. The van der Waals surface area contributed by atoms with Gasteiger partial charge >= 0.3 is 0 Å². The van der Waals surface area contributed by atoms with Gasteiger partial charge in [-0.1, -0.05) is 123 Å². The maximum atomic E-state index is 6.94. The van der Waals surface area contributed by atoms with Gasteiger partial charge in [0.2, 0.25) is 0 Å². The zero-order valence-electron chi connectivity index (χ0n) is 39.5. The Morgan fingerprint density at radius 3 is 1.34 bits per heavy atom. The van der Waals surface area contributed by atoms with Crippen LogP contribution in [0.1, 0.15) is 65.6 Å². The summed E-state index contributed by atoms with van der Waals surface area (Å²) in [7, 11) is 0. The molecule has 0 unspecified atom stereocenters. The fraction of sp³-hybridized carbons (Fsp3) is 0.175. The highest BCUT2D eigenvalue weighted by atomic mass is 16.3. The topological polar surface area (TPSA) is 32.8 Å². The first-order chi connectivity index (χ1) is 32.7. The molecule has 0 saturated heterocycles. The molecule has 0 amide bonds. The number of aryl methyl sites for hydroxylation is 7. The number of anilines is 6. The number of hydrogen-bond acceptors (Lipinski definition) is 4. The van der Waals surface area contributed by atoms with Crippen LogP contribution in [0.5, 0.6) is 0 Å². The predicted octanol–water partition coefficient (Wildman–Crippen LogP) is 18.8. The van der Waals surface area contributed by atoms with Crippen LogP contribution >= 0.6 is 0 Å². The Morgan fingerprint density at radius 1 is 0.343 bits per heavy atom. The molecule has 0 fully saturated rings. The summed E-state index contributed by atoms with van der Waals surface area (Å²) in [5.74, 6) is 0. The fourth-order valence-corrected chi connectivity index (χ4v) is 11.2. The zero-order chi connectivity index (χ0) is 45.7. The molecule has 0 aliphatic carbocycles. The van der Waals surface area contributed by atoms with Gasteiger partial charge < -0.3 is 18.6 Å². The van der Waals surface area contributed by atoms with E-state index in [9.17, 15) is 0 Å². The molecular formula is C63H54N2O2. The van der Waals surface area contributed by atoms with Crippen LogP contribution in [0.25, 0.3) is 76.2 Å². The van der Waals surface area contributed by atoms with Gasteiger partial charge in [-0.2, -0.15) is 0 Å². The molecule has 0 bridgehead atoms. The van der Waals surface area contributed by atoms with Crippen molar-refractivity contribution < 1.29 is 8.83 Å². The Morgan fingerprint density at radius 2 is 0.806 bits per heavy atom. The molecule has 328 valence electrons. The standard InChI is InChI=1S/C63H54N2O2/c1-8-15-42-35-55(64(52-20-12-10-17-40(52)6)54-22-14-19-46-49-31-37(3)23-29-58(49)66-62(46)54)47-27-25-45-43(16-9-2)36-56(48-28-26-44(42)60(47)61(45)48)65(53-21-13-11-18-41(53)7)57-34-39(5)33-51-50-32-38(4)24-30-59(50)67-63(51)57/h10-14,17-36H,8-9,15-16H2,1-7H3. The molecule has 0 radical (unpaired) electrons. The Bertz CT molecular complexity index is 3920. The van der Waals surface area contributed by atoms with Crippen LogP contribution in [-0.4, -0.2) is 0 Å². The third-order valence-electron chi connectivity index (χ3n) is 14.2. The molecule has 10 aromatic carbocycles. The largest absolute Gasteiger partial charge is 0.454 e. The highest BCUT2D eigenvalue weighted by molar-refractivity contribution is 6.30. The number of fused-ring (bicyclic) bond motifs is 6. The maximum absolute atomic E-state index is 6.94. The summed E-state index contributed by atoms with van der Waals surface area (Å²) >= 11 is 0. The van der Waals surface area contributed by atoms with Gasteiger partial charge in [0.15, 0.2) is 11.2 Å². The summed E-state index contributed by atoms with van der Waals surface area (Å²) in [6.07, 6.45) is 3.96. The van der Waals surface area contributed by atoms with E-state index < -0.39 is 0 Å². The van der Waals surface area contributed by atoms with Crippen molar-refractivity contribution >= 4 is 110 Å². The molecular weight excluding hydrogens is 817 g/mol. The van der Waals surface area contributed by atoms with Gasteiger partial charge in [-0.15, -0.1) is 0 Å². The second-order valence-corrected chi connectivity index (χ2v) is 18.9. The molecule has 4 nitrogen and oxygen atoms in total. The molecule has 2 heterocycles. The third-order valence-corrected chi connectivity index (χ3v) is 14.2. The van der Waals surface area contributed by atoms with E-state index in [0.29, 0.717) is 0 Å². The Kier molecular flexibility index (Phi) is 9.65. The first-order valence-corrected chi connectivity index (χ1v) is 24.0. The first kappa shape index (κ1) is 40.9. The van der Waals surface area contributed by atoms with Crippen LogP contribution < -0.4 is 9.80 Å². The molecule has 0 aliphatic heterocycles. The van der Waals surface area contributed by atoms with E-state index in [-0.39, 0.29) is 0 Å². The van der Waals surface area contributed by atoms with Crippen LogP contribution in [-0.2, 0) is 12.8 Å². The first-order valence-electron chi connectivity index (χ1n) is 24.0. The highest BCUT2D eigenvalue weighted by Gasteiger charge is 2.28. The fourth-order valence-electron chi connectivity index (χ4n) is 11.2. The van der Waals surface area contributed by atoms with E-state index in [0.717, 1.165) is 104 Å². The minimum Gasteiger partial charge on any atom is -0.454 e. The van der Waals surface area contributed by atoms with Gasteiger partial charge in [-0.25, -0.2) is 0 Å². The molecule has 67 heavy (non-hydrogen) atoms. The lowest BCUT2D eigenvalue weighted by atomic mass is 9.86. The molecule has 0 saturated carbocycles. The molecule has 0 N–H and O–H groups in total. The summed E-state index contributed by atoms with van der Waals surface area (Å²) in [6.45, 7) is 15.6. The van der Waals surface area contributed by atoms with Crippen molar-refractivity contribution in [2.75, 3.05) is 9.80 Å². The minimum atomic E-state index is 0.890. The Labute approximate surface area is 392 Å². The predicted molar refractivity (Wildman–Crippen MR) is 286 cm³/mol. The van der Waals surface area contributed by atoms with Crippen molar-refractivity contribution in [2.45, 2.75) is 74.1 Å². The van der Waals surface area contributed by atoms with Gasteiger partial charge in [0.1, 0.15) is 11.2 Å². The molecule has 0 spiro atoms. The van der Waals surface area contributed by atoms with Gasteiger partial charge in [-0.3, -0.25) is 0 Å². The second-order valence-electron chi connectivity index (χ2n) is 18.9. The normalized spacial score (nSPS) is 12.0. The van der Waals surface area contributed by atoms with Gasteiger partial charge in [0, 0.05) is 43.7 Å². The van der Waals surface area contributed by atoms with Crippen LogP contribution in [0.15, 0.2) is 160 Å². The number of hydrogen-bond donors (Lipinski definition) is 0. The molecule has 0 aliphatic rings. The Balaban J connectivity index is 1.21. The van der Waals surface area contributed by atoms with Crippen molar-refractivity contribution in [3.05, 3.63) is 191 Å². The van der Waals surface area contributed by atoms with E-state index in [2.05, 4.69) is 210 Å². The summed E-state index contributed by atoms with van der Waals surface area (Å²) in [6, 6.07) is 56.5. The third kappa shape index (κ3) is 6.41. The van der Waals surface area contributed by atoms with Crippen molar-refractivity contribution in [2.24, 2.45) is 0 Å². The van der Waals surface area contributed by atoms with Crippen LogP contribution in [0.4, 0.5) is 34.1 Å². The molecule has 2 aromatic heterocycles. The van der Waals surface area contributed by atoms with E-state index in [1.54, 1.807) is 0 Å². The average molecular weight is 871 g/mol. The van der Waals surface area contributed by atoms with E-state index in [4.69, 9.17) is 8.83 Å². The monoisotopic (exact) mass is 870 g/mol. The number of para-hydroxylation sites is 3. The van der Waals surface area contributed by atoms with Crippen molar-refractivity contribution in [1.29, 1.82) is 0 Å². The number of furan rings is 2. The lowest BCUT2D eigenvalue weighted by Gasteiger charge is -2.32. The lowest BCUT2D eigenvalue weighted by Crippen LogP contribution is -2.14. The minimum absolute atomic E-state index is 0.890. The highest BCUT2D eigenvalue weighted by Crippen LogP contribution is 2.53. The smallest absolute Gasteiger partial charge is 0.159 e. The van der Waals surface area contributed by atoms with E-state index >= 15 is 0 Å². The number of rotatable bonds is 10. The molecule has 12 aromatic rings. The van der Waals surface area contributed by atoms with Crippen LogP contribution in [0.3, 0.4) is 0 Å². The van der Waals surface area contributed by atoms with Gasteiger partial charge in [-0.05, 0) is 164 Å². The molecule has 12 rings (SSSR count). The molecule has 0 atom stereocenters. The maximum Gasteiger partial charge on any atom is 0.159 e. The summed E-state index contributed by atoms with van der Waals surface area (Å²) in [4.78, 5) is 4.99. The second kappa shape index (κ2) is 15.8. The van der Waals surface area contributed by atoms with Crippen LogP contribution in [0, 0.1) is 34.6 Å². The van der Waals surface area contributed by atoms with Crippen molar-refractivity contribution in [3.8, 4) is 0 Å². The summed E-state index contributed by atoms with van der Waals surface area (Å²) in [5.41, 5.74) is 19.0. The Hall–Kier alpha value is -7.56. The average Bonchev–Trinajstić information content (AvgIpc) is 3.89. The SMILES string of the molecule is CCCc1cc(N(c2ccccc2C)c2cccc3c2oc2ccc(C)cc23)c2ccc3c(CCC)cc(N(c4ccccc4C)c4cc(C)cc5c4oc4ccc(C)cc45)c4ccc1c2c34. The van der Waals surface area contributed by atoms with E-state index in [1.807, 2.05) is 0 Å². The van der Waals surface area contributed by atoms with Crippen molar-refractivity contribution in [1.82, 2.24) is 0 Å². The number of nitrogens with zero attached hydrogens (tertiary/aromatic N) is 2. The van der Waals surface area contributed by atoms with Gasteiger partial charge in [0.05, 0.1) is 22.7 Å². The zero-order valence-corrected chi connectivity index (χ0v) is 39.5. The molecule has 4 heteroatoms. The lowest BCUT2D eigenvalue weighted by molar-refractivity contribution is 0.668. The number of benzene rings is 10. The summed E-state index contributed by atoms with van der Waals surface area (Å²) < 4.78 is 13.8. The van der Waals surface area contributed by atoms with E-state index in [1.165, 1.54) is 71.3 Å². The van der Waals surface area contributed by atoms with Crippen LogP contribution in [0.2, 0.25) is 0 Å². The van der Waals surface area contributed by atoms with Gasteiger partial charge in [0.25, 0.3) is 0 Å².